The minimum atomic E-state index is -3.63. The molecule has 0 aliphatic carbocycles. The van der Waals surface area contributed by atoms with Crippen molar-refractivity contribution < 1.29 is 13.2 Å². The Hall–Kier alpha value is -2.22. The summed E-state index contributed by atoms with van der Waals surface area (Å²) in [7, 11) is -1.92. The molecule has 0 radical (unpaired) electrons. The van der Waals surface area contributed by atoms with Crippen molar-refractivity contribution >= 4 is 21.6 Å². The number of hydrogen-bond donors (Lipinski definition) is 2. The van der Waals surface area contributed by atoms with Crippen molar-refractivity contribution in [3.63, 3.8) is 0 Å². The van der Waals surface area contributed by atoms with Gasteiger partial charge in [0, 0.05) is 24.3 Å². The number of carbonyl (C=O) groups excluding carboxylic acids is 1. The van der Waals surface area contributed by atoms with Gasteiger partial charge in [0.05, 0.1) is 4.90 Å². The van der Waals surface area contributed by atoms with Crippen LogP contribution in [-0.2, 0) is 10.0 Å². The van der Waals surface area contributed by atoms with Gasteiger partial charge in [-0.1, -0.05) is 18.2 Å². The van der Waals surface area contributed by atoms with E-state index in [9.17, 15) is 13.2 Å². The molecule has 0 aromatic heterocycles. The summed E-state index contributed by atoms with van der Waals surface area (Å²) < 4.78 is 28.7. The highest BCUT2D eigenvalue weighted by atomic mass is 32.2. The first-order valence-electron chi connectivity index (χ1n) is 10.4. The van der Waals surface area contributed by atoms with Crippen LogP contribution in [0.4, 0.5) is 5.69 Å². The molecule has 1 amide bonds. The maximum atomic E-state index is 12.9. The van der Waals surface area contributed by atoms with E-state index in [1.54, 1.807) is 36.2 Å². The van der Waals surface area contributed by atoms with Gasteiger partial charge in [-0.25, -0.2) is 13.1 Å². The third-order valence-electron chi connectivity index (χ3n) is 5.95. The molecule has 2 aromatic carbocycles. The van der Waals surface area contributed by atoms with Gasteiger partial charge in [0.2, 0.25) is 10.0 Å². The van der Waals surface area contributed by atoms with Gasteiger partial charge in [-0.15, -0.1) is 0 Å². The quantitative estimate of drug-likeness (QED) is 0.739. The Bertz CT molecular complexity index is 1010. The van der Waals surface area contributed by atoms with Crippen LogP contribution in [0.1, 0.15) is 41.3 Å². The van der Waals surface area contributed by atoms with Crippen molar-refractivity contribution in [2.45, 2.75) is 44.6 Å². The first kappa shape index (κ1) is 22.5. The molecule has 3 rings (SSSR count). The lowest BCUT2D eigenvalue weighted by atomic mass is 9.92. The van der Waals surface area contributed by atoms with Gasteiger partial charge in [0.25, 0.3) is 5.91 Å². The van der Waals surface area contributed by atoms with Gasteiger partial charge in [-0.2, -0.15) is 0 Å². The van der Waals surface area contributed by atoms with Crippen molar-refractivity contribution in [1.29, 1.82) is 0 Å². The summed E-state index contributed by atoms with van der Waals surface area (Å²) in [6, 6.07) is 12.2. The smallest absolute Gasteiger partial charge is 0.258 e. The molecular formula is C23H31N3O3S. The molecule has 2 N–H and O–H groups in total. The number of anilines is 1. The van der Waals surface area contributed by atoms with Gasteiger partial charge >= 0.3 is 0 Å². The van der Waals surface area contributed by atoms with E-state index in [4.69, 9.17) is 0 Å². The van der Waals surface area contributed by atoms with E-state index in [2.05, 4.69) is 10.0 Å². The van der Waals surface area contributed by atoms with Crippen LogP contribution in [0.3, 0.4) is 0 Å². The van der Waals surface area contributed by atoms with E-state index in [-0.39, 0.29) is 16.8 Å². The molecule has 0 bridgehead atoms. The SMILES string of the molecule is Cc1ccccc1C(=O)N(C)c1ccc(S(=O)(=O)NC(C)C2CCNCC2)cc1C. The van der Waals surface area contributed by atoms with Crippen molar-refractivity contribution in [2.75, 3.05) is 25.0 Å². The van der Waals surface area contributed by atoms with Gasteiger partial charge in [-0.05, 0) is 88.0 Å². The number of carbonyl (C=O) groups is 1. The molecule has 1 aliphatic rings. The fourth-order valence-electron chi connectivity index (χ4n) is 4.03. The summed E-state index contributed by atoms with van der Waals surface area (Å²) in [6.07, 6.45) is 1.93. The van der Waals surface area contributed by atoms with Crippen LogP contribution in [-0.4, -0.2) is 40.5 Å². The Morgan fingerprint density at radius 3 is 2.40 bits per heavy atom. The van der Waals surface area contributed by atoms with E-state index in [1.165, 1.54) is 0 Å². The molecule has 30 heavy (non-hydrogen) atoms. The van der Waals surface area contributed by atoms with Crippen molar-refractivity contribution in [3.05, 3.63) is 59.2 Å². The molecule has 2 aromatic rings. The third kappa shape index (κ3) is 4.91. The second kappa shape index (κ2) is 9.29. The number of nitrogens with zero attached hydrogens (tertiary/aromatic N) is 1. The zero-order valence-electron chi connectivity index (χ0n) is 18.1. The molecule has 1 saturated heterocycles. The minimum Gasteiger partial charge on any atom is -0.317 e. The lowest BCUT2D eigenvalue weighted by Crippen LogP contribution is -2.42. The molecule has 0 spiro atoms. The predicted octanol–water partition coefficient (Wildman–Crippen LogP) is 3.25. The molecule has 162 valence electrons. The van der Waals surface area contributed by atoms with E-state index in [0.29, 0.717) is 17.2 Å². The molecule has 1 heterocycles. The summed E-state index contributed by atoms with van der Waals surface area (Å²) in [4.78, 5) is 14.7. The number of sulfonamides is 1. The maximum Gasteiger partial charge on any atom is 0.258 e. The van der Waals surface area contributed by atoms with Gasteiger partial charge in [-0.3, -0.25) is 4.79 Å². The fraction of sp³-hybridized carbons (Fsp3) is 0.435. The normalized spacial score (nSPS) is 16.3. The van der Waals surface area contributed by atoms with Gasteiger partial charge < -0.3 is 10.2 Å². The van der Waals surface area contributed by atoms with Crippen LogP contribution in [0.15, 0.2) is 47.4 Å². The molecule has 1 unspecified atom stereocenters. The summed E-state index contributed by atoms with van der Waals surface area (Å²) in [5.41, 5.74) is 2.96. The van der Waals surface area contributed by atoms with Crippen LogP contribution >= 0.6 is 0 Å². The summed E-state index contributed by atoms with van der Waals surface area (Å²) in [6.45, 7) is 7.51. The van der Waals surface area contributed by atoms with Crippen LogP contribution in [0.25, 0.3) is 0 Å². The summed E-state index contributed by atoms with van der Waals surface area (Å²) in [5, 5.41) is 3.30. The highest BCUT2D eigenvalue weighted by molar-refractivity contribution is 7.89. The Balaban J connectivity index is 1.78. The molecule has 7 heteroatoms. The summed E-state index contributed by atoms with van der Waals surface area (Å²) in [5.74, 6) is 0.212. The first-order chi connectivity index (χ1) is 14.2. The Morgan fingerprint density at radius 2 is 1.77 bits per heavy atom. The number of rotatable bonds is 6. The van der Waals surface area contributed by atoms with E-state index in [0.717, 1.165) is 37.1 Å². The highest BCUT2D eigenvalue weighted by Crippen LogP contribution is 2.25. The van der Waals surface area contributed by atoms with E-state index >= 15 is 0 Å². The minimum absolute atomic E-state index is 0.121. The molecule has 6 nitrogen and oxygen atoms in total. The lowest BCUT2D eigenvalue weighted by Gasteiger charge is -2.28. The standard InChI is InChI=1S/C23H31N3O3S/c1-16-7-5-6-8-21(16)23(27)26(4)22-10-9-20(15-17(22)2)30(28,29)25-18(3)19-11-13-24-14-12-19/h5-10,15,18-19,24-25H,11-14H2,1-4H3. The Labute approximate surface area is 179 Å². The number of piperidine rings is 1. The van der Waals surface area contributed by atoms with Gasteiger partial charge in [0.15, 0.2) is 0 Å². The first-order valence-corrected chi connectivity index (χ1v) is 11.9. The molecule has 1 aliphatic heterocycles. The van der Waals surface area contributed by atoms with E-state index < -0.39 is 10.0 Å². The average molecular weight is 430 g/mol. The number of benzene rings is 2. The second-order valence-electron chi connectivity index (χ2n) is 8.12. The number of aryl methyl sites for hydroxylation is 2. The predicted molar refractivity (Wildman–Crippen MR) is 120 cm³/mol. The lowest BCUT2D eigenvalue weighted by molar-refractivity contribution is 0.0992. The van der Waals surface area contributed by atoms with Crippen LogP contribution < -0.4 is 14.9 Å². The van der Waals surface area contributed by atoms with Crippen LogP contribution in [0.5, 0.6) is 0 Å². The van der Waals surface area contributed by atoms with Gasteiger partial charge in [0.1, 0.15) is 0 Å². The number of amides is 1. The summed E-state index contributed by atoms with van der Waals surface area (Å²) >= 11 is 0. The molecule has 0 saturated carbocycles. The van der Waals surface area contributed by atoms with Crippen molar-refractivity contribution in [2.24, 2.45) is 5.92 Å². The highest BCUT2D eigenvalue weighted by Gasteiger charge is 2.26. The number of nitrogens with one attached hydrogen (secondary N) is 2. The zero-order chi connectivity index (χ0) is 21.9. The largest absolute Gasteiger partial charge is 0.317 e. The molecule has 1 atom stereocenters. The monoisotopic (exact) mass is 429 g/mol. The van der Waals surface area contributed by atoms with Crippen LogP contribution in [0, 0.1) is 19.8 Å². The van der Waals surface area contributed by atoms with Crippen molar-refractivity contribution in [1.82, 2.24) is 10.0 Å². The van der Waals surface area contributed by atoms with E-state index in [1.807, 2.05) is 39.0 Å². The second-order valence-corrected chi connectivity index (χ2v) is 9.84. The van der Waals surface area contributed by atoms with Crippen molar-refractivity contribution in [3.8, 4) is 0 Å². The topological polar surface area (TPSA) is 78.5 Å². The fourth-order valence-corrected chi connectivity index (χ4v) is 5.42. The third-order valence-corrected chi connectivity index (χ3v) is 7.51. The molecular weight excluding hydrogens is 398 g/mol. The maximum absolute atomic E-state index is 12.9. The zero-order valence-corrected chi connectivity index (χ0v) is 18.9. The molecule has 1 fully saturated rings. The van der Waals surface area contributed by atoms with Crippen LogP contribution in [0.2, 0.25) is 0 Å². The Morgan fingerprint density at radius 1 is 1.10 bits per heavy atom. The number of hydrogen-bond acceptors (Lipinski definition) is 4. The Kier molecular flexibility index (Phi) is 6.95. The average Bonchev–Trinajstić information content (AvgIpc) is 2.73.